The fourth-order valence-electron chi connectivity index (χ4n) is 3.57. The average molecular weight is 329 g/mol. The highest BCUT2D eigenvalue weighted by molar-refractivity contribution is 5.79. The second-order valence-corrected chi connectivity index (χ2v) is 7.01. The van der Waals surface area contributed by atoms with Crippen LogP contribution in [0.1, 0.15) is 56.3 Å². The van der Waals surface area contributed by atoms with Crippen LogP contribution in [0, 0.1) is 19.8 Å². The van der Waals surface area contributed by atoms with Crippen molar-refractivity contribution in [2.24, 2.45) is 5.92 Å². The Bertz CT molecular complexity index is 586. The first-order valence-electron chi connectivity index (χ1n) is 9.04. The molecule has 1 unspecified atom stereocenters. The van der Waals surface area contributed by atoms with E-state index in [-0.39, 0.29) is 24.0 Å². The van der Waals surface area contributed by atoms with Gasteiger partial charge in [-0.15, -0.1) is 0 Å². The number of nitrogens with zero attached hydrogens (tertiary/aromatic N) is 2. The summed E-state index contributed by atoms with van der Waals surface area (Å²) in [5.41, 5.74) is 1.86. The average Bonchev–Trinajstić information content (AvgIpc) is 2.56. The molecule has 24 heavy (non-hydrogen) atoms. The maximum absolute atomic E-state index is 12.3. The molecule has 1 heterocycles. The summed E-state index contributed by atoms with van der Waals surface area (Å²) in [6.45, 7) is 3.91. The highest BCUT2D eigenvalue weighted by Gasteiger charge is 2.26. The minimum atomic E-state index is 0.150. The predicted octanol–water partition coefficient (Wildman–Crippen LogP) is 3.26. The van der Waals surface area contributed by atoms with Crippen molar-refractivity contribution in [3.05, 3.63) is 29.6 Å². The number of amides is 1. The van der Waals surface area contributed by atoms with Gasteiger partial charge in [-0.2, -0.15) is 0 Å². The summed E-state index contributed by atoms with van der Waals surface area (Å²) < 4.78 is 5.94. The number of nitrogens with one attached hydrogen (secondary N) is 1. The molecule has 0 bridgehead atoms. The molecule has 2 aliphatic carbocycles. The lowest BCUT2D eigenvalue weighted by Gasteiger charge is -2.30. The van der Waals surface area contributed by atoms with Crippen molar-refractivity contribution in [3.63, 3.8) is 0 Å². The number of allylic oxidation sites excluding steroid dienone is 2. The van der Waals surface area contributed by atoms with Crippen molar-refractivity contribution >= 4 is 5.91 Å². The van der Waals surface area contributed by atoms with Gasteiger partial charge in [0.1, 0.15) is 6.10 Å². The molecule has 5 heteroatoms. The Hall–Kier alpha value is -1.91. The molecule has 1 fully saturated rings. The van der Waals surface area contributed by atoms with Gasteiger partial charge in [-0.1, -0.05) is 12.2 Å². The minimum Gasteiger partial charge on any atom is -0.460 e. The number of hydrogen-bond acceptors (Lipinski definition) is 4. The van der Waals surface area contributed by atoms with Crippen molar-refractivity contribution in [1.29, 1.82) is 0 Å². The molecule has 1 atom stereocenters. The highest BCUT2D eigenvalue weighted by atomic mass is 16.5. The Morgan fingerprint density at radius 1 is 1.08 bits per heavy atom. The largest absolute Gasteiger partial charge is 0.460 e. The van der Waals surface area contributed by atoms with Crippen LogP contribution in [-0.2, 0) is 4.79 Å². The Balaban J connectivity index is 1.45. The van der Waals surface area contributed by atoms with E-state index in [1.54, 1.807) is 0 Å². The van der Waals surface area contributed by atoms with Gasteiger partial charge in [0, 0.05) is 23.3 Å². The normalized spacial score (nSPS) is 26.8. The SMILES string of the molecule is Cc1cc(C)nc(OC2CCC(NC(=O)C3CC=CCC3)CC2)n1. The second kappa shape index (κ2) is 7.77. The van der Waals surface area contributed by atoms with Gasteiger partial charge < -0.3 is 10.1 Å². The van der Waals surface area contributed by atoms with Crippen LogP contribution >= 0.6 is 0 Å². The van der Waals surface area contributed by atoms with Crippen molar-refractivity contribution in [1.82, 2.24) is 15.3 Å². The van der Waals surface area contributed by atoms with E-state index >= 15 is 0 Å². The summed E-state index contributed by atoms with van der Waals surface area (Å²) in [6.07, 6.45) is 11.1. The molecular weight excluding hydrogens is 302 g/mol. The van der Waals surface area contributed by atoms with Gasteiger partial charge in [-0.25, -0.2) is 9.97 Å². The van der Waals surface area contributed by atoms with E-state index in [0.717, 1.165) is 56.3 Å². The summed E-state index contributed by atoms with van der Waals surface area (Å²) in [5.74, 6) is 0.383. The van der Waals surface area contributed by atoms with Crippen LogP contribution in [0.5, 0.6) is 6.01 Å². The van der Waals surface area contributed by atoms with E-state index in [2.05, 4.69) is 27.4 Å². The molecule has 0 spiro atoms. The number of hydrogen-bond donors (Lipinski definition) is 1. The third-order valence-electron chi connectivity index (χ3n) is 4.89. The van der Waals surface area contributed by atoms with E-state index in [1.807, 2.05) is 19.9 Å². The van der Waals surface area contributed by atoms with Crippen LogP contribution in [0.3, 0.4) is 0 Å². The molecule has 0 aromatic carbocycles. The molecule has 3 rings (SSSR count). The quantitative estimate of drug-likeness (QED) is 0.861. The van der Waals surface area contributed by atoms with E-state index in [4.69, 9.17) is 4.74 Å². The first kappa shape index (κ1) is 16.9. The van der Waals surface area contributed by atoms with Gasteiger partial charge in [0.2, 0.25) is 5.91 Å². The van der Waals surface area contributed by atoms with Gasteiger partial charge in [-0.3, -0.25) is 4.79 Å². The lowest BCUT2D eigenvalue weighted by atomic mass is 9.90. The Kier molecular flexibility index (Phi) is 5.48. The standard InChI is InChI=1S/C19H27N3O2/c1-13-12-14(2)21-19(20-13)24-17-10-8-16(9-11-17)22-18(23)15-6-4-3-5-7-15/h3-4,12,15-17H,5-11H2,1-2H3,(H,22,23). The molecule has 1 amide bonds. The maximum atomic E-state index is 12.3. The van der Waals surface area contributed by atoms with Crippen LogP contribution in [0.25, 0.3) is 0 Å². The van der Waals surface area contributed by atoms with Crippen molar-refractivity contribution in [2.75, 3.05) is 0 Å². The summed E-state index contributed by atoms with van der Waals surface area (Å²) in [5, 5.41) is 3.23. The summed E-state index contributed by atoms with van der Waals surface area (Å²) in [7, 11) is 0. The molecule has 0 aliphatic heterocycles. The molecule has 1 aromatic heterocycles. The molecule has 0 saturated heterocycles. The molecule has 130 valence electrons. The van der Waals surface area contributed by atoms with Crippen LogP contribution in [0.4, 0.5) is 0 Å². The molecule has 0 radical (unpaired) electrons. The number of aryl methyl sites for hydroxylation is 2. The molecule has 1 N–H and O–H groups in total. The number of carbonyl (C=O) groups is 1. The lowest BCUT2D eigenvalue weighted by molar-refractivity contribution is -0.126. The van der Waals surface area contributed by atoms with E-state index in [9.17, 15) is 4.79 Å². The first-order valence-corrected chi connectivity index (χ1v) is 9.04. The molecule has 1 aromatic rings. The molecular formula is C19H27N3O2. The Morgan fingerprint density at radius 2 is 1.79 bits per heavy atom. The third-order valence-corrected chi connectivity index (χ3v) is 4.89. The van der Waals surface area contributed by atoms with Gasteiger partial charge in [0.25, 0.3) is 0 Å². The van der Waals surface area contributed by atoms with Crippen molar-refractivity contribution in [3.8, 4) is 6.01 Å². The smallest absolute Gasteiger partial charge is 0.317 e. The second-order valence-electron chi connectivity index (χ2n) is 7.01. The first-order chi connectivity index (χ1) is 11.6. The van der Waals surface area contributed by atoms with E-state index in [1.165, 1.54) is 0 Å². The van der Waals surface area contributed by atoms with Gasteiger partial charge in [0.05, 0.1) is 0 Å². The fraction of sp³-hybridized carbons (Fsp3) is 0.632. The summed E-state index contributed by atoms with van der Waals surface area (Å²) >= 11 is 0. The zero-order chi connectivity index (χ0) is 16.9. The predicted molar refractivity (Wildman–Crippen MR) is 92.8 cm³/mol. The van der Waals surface area contributed by atoms with Crippen LogP contribution in [0.2, 0.25) is 0 Å². The monoisotopic (exact) mass is 329 g/mol. The van der Waals surface area contributed by atoms with Crippen molar-refractivity contribution < 1.29 is 9.53 Å². The van der Waals surface area contributed by atoms with Crippen molar-refractivity contribution in [2.45, 2.75) is 70.9 Å². The number of carbonyl (C=O) groups excluding carboxylic acids is 1. The van der Waals surface area contributed by atoms with Gasteiger partial charge >= 0.3 is 6.01 Å². The fourth-order valence-corrected chi connectivity index (χ4v) is 3.57. The van der Waals surface area contributed by atoms with Gasteiger partial charge in [-0.05, 0) is 64.9 Å². The number of aromatic nitrogens is 2. The van der Waals surface area contributed by atoms with E-state index < -0.39 is 0 Å². The lowest BCUT2D eigenvalue weighted by Crippen LogP contribution is -2.42. The number of rotatable bonds is 4. The molecule has 5 nitrogen and oxygen atoms in total. The van der Waals surface area contributed by atoms with Crippen LogP contribution in [0.15, 0.2) is 18.2 Å². The minimum absolute atomic E-state index is 0.150. The zero-order valence-electron chi connectivity index (χ0n) is 14.6. The third kappa shape index (κ3) is 4.56. The molecule has 1 saturated carbocycles. The topological polar surface area (TPSA) is 64.1 Å². The van der Waals surface area contributed by atoms with Crippen LogP contribution < -0.4 is 10.1 Å². The Morgan fingerprint density at radius 3 is 2.42 bits per heavy atom. The molecule has 2 aliphatic rings. The van der Waals surface area contributed by atoms with Gasteiger partial charge in [0.15, 0.2) is 0 Å². The van der Waals surface area contributed by atoms with E-state index in [0.29, 0.717) is 6.01 Å². The highest BCUT2D eigenvalue weighted by Crippen LogP contribution is 2.24. The zero-order valence-corrected chi connectivity index (χ0v) is 14.6. The number of ether oxygens (including phenoxy) is 1. The maximum Gasteiger partial charge on any atom is 0.317 e. The summed E-state index contributed by atoms with van der Waals surface area (Å²) in [6, 6.07) is 2.71. The Labute approximate surface area is 143 Å². The summed E-state index contributed by atoms with van der Waals surface area (Å²) in [4.78, 5) is 21.0. The van der Waals surface area contributed by atoms with Crippen LogP contribution in [-0.4, -0.2) is 28.0 Å².